The summed E-state index contributed by atoms with van der Waals surface area (Å²) in [7, 11) is 0. The zero-order chi connectivity index (χ0) is 22.4. The van der Waals surface area contributed by atoms with Crippen LogP contribution in [0.15, 0.2) is 36.4 Å². The third-order valence-electron chi connectivity index (χ3n) is 7.12. The molecule has 2 aromatic carbocycles. The first-order valence-corrected chi connectivity index (χ1v) is 11.7. The van der Waals surface area contributed by atoms with Crippen LogP contribution in [0.1, 0.15) is 36.8 Å². The summed E-state index contributed by atoms with van der Waals surface area (Å²) < 4.78 is 17.1. The molecule has 1 atom stereocenters. The van der Waals surface area contributed by atoms with Gasteiger partial charge in [-0.05, 0) is 43.4 Å². The van der Waals surface area contributed by atoms with E-state index in [0.717, 1.165) is 42.7 Å². The number of ether oxygens (including phenoxy) is 3. The third-order valence-corrected chi connectivity index (χ3v) is 7.12. The summed E-state index contributed by atoms with van der Waals surface area (Å²) in [5, 5.41) is 3.01. The number of fused-ring (bicyclic) bond motifs is 5. The summed E-state index contributed by atoms with van der Waals surface area (Å²) in [4.78, 5) is 30.0. The number of amides is 3. The molecule has 8 heteroatoms. The highest BCUT2D eigenvalue weighted by Gasteiger charge is 2.57. The number of rotatable bonds is 4. The Hall–Kier alpha value is -3.42. The van der Waals surface area contributed by atoms with Gasteiger partial charge in [-0.3, -0.25) is 4.79 Å². The van der Waals surface area contributed by atoms with E-state index in [-0.39, 0.29) is 25.3 Å². The highest BCUT2D eigenvalue weighted by Crippen LogP contribution is 2.54. The number of hydrogen-bond acceptors (Lipinski definition) is 5. The quantitative estimate of drug-likeness (QED) is 0.726. The smallest absolute Gasteiger partial charge is 0.317 e. The number of nitrogens with one attached hydrogen (secondary N) is 1. The summed E-state index contributed by atoms with van der Waals surface area (Å²) in [5.74, 6) is 1.95. The van der Waals surface area contributed by atoms with Crippen molar-refractivity contribution in [3.8, 4) is 17.2 Å². The Kier molecular flexibility index (Phi) is 4.81. The van der Waals surface area contributed by atoms with Crippen LogP contribution in [-0.2, 0) is 10.2 Å². The Labute approximate surface area is 192 Å². The van der Waals surface area contributed by atoms with Crippen molar-refractivity contribution >= 4 is 17.6 Å². The molecule has 2 aromatic rings. The zero-order valence-corrected chi connectivity index (χ0v) is 18.5. The number of nitrogens with zero attached hydrogens (tertiary/aromatic N) is 2. The van der Waals surface area contributed by atoms with Crippen molar-refractivity contribution in [1.29, 1.82) is 0 Å². The van der Waals surface area contributed by atoms with Crippen molar-refractivity contribution in [3.05, 3.63) is 47.5 Å². The second-order valence-electron chi connectivity index (χ2n) is 9.00. The minimum atomic E-state index is -0.885. The van der Waals surface area contributed by atoms with Crippen molar-refractivity contribution in [1.82, 2.24) is 10.2 Å². The molecule has 1 saturated heterocycles. The van der Waals surface area contributed by atoms with E-state index in [4.69, 9.17) is 14.2 Å². The van der Waals surface area contributed by atoms with Crippen molar-refractivity contribution in [3.63, 3.8) is 0 Å². The monoisotopic (exact) mass is 449 g/mol. The maximum atomic E-state index is 13.9. The fraction of sp³-hybridized carbons (Fsp3) is 0.440. The van der Waals surface area contributed by atoms with Gasteiger partial charge >= 0.3 is 6.03 Å². The Balaban J connectivity index is 1.21. The molecule has 8 nitrogen and oxygen atoms in total. The SMILES string of the molecule is O=C(NCCCN1C(=O)C2(COc3cc4c(cc32)OCO4)c2ccccc21)N1CCCCC1. The second kappa shape index (κ2) is 7.86. The fourth-order valence-electron chi connectivity index (χ4n) is 5.43. The first-order chi connectivity index (χ1) is 16.2. The average Bonchev–Trinajstić information content (AvgIpc) is 3.53. The van der Waals surface area contributed by atoms with Gasteiger partial charge in [-0.2, -0.15) is 0 Å². The molecule has 1 unspecified atom stereocenters. The Bertz CT molecular complexity index is 1110. The summed E-state index contributed by atoms with van der Waals surface area (Å²) in [6.07, 6.45) is 4.00. The normalized spacial score (nSPS) is 22.4. The lowest BCUT2D eigenvalue weighted by atomic mass is 9.77. The standard InChI is InChI=1S/C25H27N3O5/c29-23-25(15-31-20-14-22-21(13-18(20)25)32-16-33-22)17-7-2-3-8-19(17)28(23)12-6-9-26-24(30)27-10-4-1-5-11-27/h2-3,7-8,13-14H,1,4-6,9-12,15-16H2,(H,26,30). The van der Waals surface area contributed by atoms with Crippen LogP contribution < -0.4 is 24.4 Å². The number of likely N-dealkylation sites (tertiary alicyclic amines) is 1. The number of anilines is 1. The van der Waals surface area contributed by atoms with Gasteiger partial charge in [0, 0.05) is 43.5 Å². The van der Waals surface area contributed by atoms with Crippen LogP contribution in [0.25, 0.3) is 0 Å². The fourth-order valence-corrected chi connectivity index (χ4v) is 5.43. The maximum Gasteiger partial charge on any atom is 0.317 e. The van der Waals surface area contributed by atoms with Crippen LogP contribution in [0.3, 0.4) is 0 Å². The number of para-hydroxylation sites is 1. The molecule has 33 heavy (non-hydrogen) atoms. The molecular formula is C25H27N3O5. The summed E-state index contributed by atoms with van der Waals surface area (Å²) >= 11 is 0. The van der Waals surface area contributed by atoms with E-state index in [0.29, 0.717) is 36.8 Å². The van der Waals surface area contributed by atoms with Gasteiger partial charge in [0.05, 0.1) is 0 Å². The van der Waals surface area contributed by atoms with Crippen LogP contribution in [0.5, 0.6) is 17.2 Å². The molecule has 172 valence electrons. The number of carbonyl (C=O) groups excluding carboxylic acids is 2. The average molecular weight is 450 g/mol. The highest BCUT2D eigenvalue weighted by molar-refractivity contribution is 6.11. The number of piperidine rings is 1. The summed E-state index contributed by atoms with van der Waals surface area (Å²) in [6.45, 7) is 3.13. The molecule has 1 fully saturated rings. The van der Waals surface area contributed by atoms with Gasteiger partial charge in [0.25, 0.3) is 0 Å². The molecule has 4 heterocycles. The minimum absolute atomic E-state index is 0.00340. The Morgan fingerprint density at radius 3 is 2.61 bits per heavy atom. The van der Waals surface area contributed by atoms with E-state index < -0.39 is 5.41 Å². The molecule has 0 saturated carbocycles. The molecule has 4 aliphatic rings. The number of urea groups is 1. The predicted molar refractivity (Wildman–Crippen MR) is 121 cm³/mol. The van der Waals surface area contributed by atoms with Crippen LogP contribution in [0.2, 0.25) is 0 Å². The molecule has 0 bridgehead atoms. The molecule has 0 radical (unpaired) electrons. The van der Waals surface area contributed by atoms with Crippen molar-refractivity contribution < 1.29 is 23.8 Å². The van der Waals surface area contributed by atoms with Gasteiger partial charge in [0.2, 0.25) is 12.7 Å². The lowest BCUT2D eigenvalue weighted by Crippen LogP contribution is -2.45. The van der Waals surface area contributed by atoms with Gasteiger partial charge in [0.15, 0.2) is 11.5 Å². The van der Waals surface area contributed by atoms with Gasteiger partial charge in [0.1, 0.15) is 17.8 Å². The Morgan fingerprint density at radius 1 is 0.970 bits per heavy atom. The van der Waals surface area contributed by atoms with E-state index in [1.54, 1.807) is 0 Å². The van der Waals surface area contributed by atoms with Crippen LogP contribution in [0, 0.1) is 0 Å². The minimum Gasteiger partial charge on any atom is -0.491 e. The number of benzene rings is 2. The molecule has 1 spiro atoms. The highest BCUT2D eigenvalue weighted by atomic mass is 16.7. The zero-order valence-electron chi connectivity index (χ0n) is 18.5. The maximum absolute atomic E-state index is 13.9. The van der Waals surface area contributed by atoms with E-state index in [1.807, 2.05) is 46.2 Å². The first-order valence-electron chi connectivity index (χ1n) is 11.7. The molecule has 1 N–H and O–H groups in total. The van der Waals surface area contributed by atoms with Crippen LogP contribution >= 0.6 is 0 Å². The van der Waals surface area contributed by atoms with E-state index in [2.05, 4.69) is 5.32 Å². The first kappa shape index (κ1) is 20.2. The van der Waals surface area contributed by atoms with Gasteiger partial charge < -0.3 is 29.3 Å². The van der Waals surface area contributed by atoms with E-state index in [9.17, 15) is 9.59 Å². The molecule has 0 aliphatic carbocycles. The summed E-state index contributed by atoms with van der Waals surface area (Å²) in [5.41, 5.74) is 1.79. The molecule has 0 aromatic heterocycles. The molecule has 3 amide bonds. The van der Waals surface area contributed by atoms with E-state index >= 15 is 0 Å². The van der Waals surface area contributed by atoms with Crippen molar-refractivity contribution in [2.24, 2.45) is 0 Å². The third kappa shape index (κ3) is 3.11. The number of hydrogen-bond donors (Lipinski definition) is 1. The lowest BCUT2D eigenvalue weighted by molar-refractivity contribution is -0.122. The second-order valence-corrected chi connectivity index (χ2v) is 9.00. The van der Waals surface area contributed by atoms with Crippen LogP contribution in [0.4, 0.5) is 10.5 Å². The topological polar surface area (TPSA) is 80.3 Å². The molecule has 4 aliphatic heterocycles. The summed E-state index contributed by atoms with van der Waals surface area (Å²) in [6, 6.07) is 11.6. The van der Waals surface area contributed by atoms with Gasteiger partial charge in [-0.25, -0.2) is 4.79 Å². The number of carbonyl (C=O) groups is 2. The lowest BCUT2D eigenvalue weighted by Gasteiger charge is -2.27. The predicted octanol–water partition coefficient (Wildman–Crippen LogP) is 3.03. The van der Waals surface area contributed by atoms with Crippen molar-refractivity contribution in [2.45, 2.75) is 31.1 Å². The molecular weight excluding hydrogens is 422 g/mol. The van der Waals surface area contributed by atoms with Crippen LogP contribution in [-0.4, -0.2) is 56.4 Å². The van der Waals surface area contributed by atoms with Crippen molar-refractivity contribution in [2.75, 3.05) is 44.5 Å². The molecule has 6 rings (SSSR count). The van der Waals surface area contributed by atoms with Gasteiger partial charge in [-0.1, -0.05) is 18.2 Å². The largest absolute Gasteiger partial charge is 0.491 e. The van der Waals surface area contributed by atoms with Gasteiger partial charge in [-0.15, -0.1) is 0 Å². The van der Waals surface area contributed by atoms with E-state index in [1.165, 1.54) is 6.42 Å². The Morgan fingerprint density at radius 2 is 1.76 bits per heavy atom.